The molecule has 35 heavy (non-hydrogen) atoms. The van der Waals surface area contributed by atoms with E-state index in [1.807, 2.05) is 36.4 Å². The van der Waals surface area contributed by atoms with Crippen LogP contribution in [0.2, 0.25) is 0 Å². The van der Waals surface area contributed by atoms with Gasteiger partial charge in [-0.1, -0.05) is 36.4 Å². The zero-order valence-electron chi connectivity index (χ0n) is 19.9. The van der Waals surface area contributed by atoms with E-state index in [0.717, 1.165) is 18.4 Å². The lowest BCUT2D eigenvalue weighted by molar-refractivity contribution is -0.136. The Bertz CT molecular complexity index is 1400. The highest BCUT2D eigenvalue weighted by atomic mass is 16.5. The molecule has 1 aliphatic rings. The van der Waals surface area contributed by atoms with Gasteiger partial charge >= 0.3 is 5.97 Å². The van der Waals surface area contributed by atoms with E-state index in [4.69, 9.17) is 4.74 Å². The number of carboxylic acids is 1. The average molecular weight is 469 g/mol. The number of fused-ring (bicyclic) bond motifs is 2. The number of carboxylic acid groups (broad SMARTS) is 1. The number of hydrogen-bond acceptors (Lipinski definition) is 4. The minimum absolute atomic E-state index is 0.126. The van der Waals surface area contributed by atoms with Gasteiger partial charge in [0.1, 0.15) is 12.4 Å². The van der Waals surface area contributed by atoms with Gasteiger partial charge in [0.25, 0.3) is 5.91 Å². The highest BCUT2D eigenvalue weighted by molar-refractivity contribution is 6.04. The zero-order valence-corrected chi connectivity index (χ0v) is 19.9. The molecule has 0 saturated heterocycles. The van der Waals surface area contributed by atoms with Crippen molar-refractivity contribution in [2.24, 2.45) is 0 Å². The summed E-state index contributed by atoms with van der Waals surface area (Å²) in [5, 5.41) is 10.1. The maximum absolute atomic E-state index is 13.4. The number of aromatic nitrogens is 1. The third kappa shape index (κ3) is 4.16. The van der Waals surface area contributed by atoms with Gasteiger partial charge in [-0.15, -0.1) is 0 Å². The second-order valence-corrected chi connectivity index (χ2v) is 8.90. The fourth-order valence-corrected chi connectivity index (χ4v) is 5.19. The molecule has 3 aromatic carbocycles. The molecule has 0 radical (unpaired) electrons. The van der Waals surface area contributed by atoms with E-state index in [-0.39, 0.29) is 18.4 Å². The summed E-state index contributed by atoms with van der Waals surface area (Å²) in [5.41, 5.74) is 5.18. The van der Waals surface area contributed by atoms with Crippen molar-refractivity contribution in [1.82, 2.24) is 4.57 Å². The summed E-state index contributed by atoms with van der Waals surface area (Å²) in [6.07, 6.45) is 0.832. The smallest absolute Gasteiger partial charge is 0.307 e. The maximum atomic E-state index is 13.4. The normalized spacial score (nSPS) is 14.8. The Balaban J connectivity index is 1.34. The van der Waals surface area contributed by atoms with Crippen molar-refractivity contribution < 1.29 is 19.4 Å². The van der Waals surface area contributed by atoms with Crippen molar-refractivity contribution in [3.8, 4) is 5.75 Å². The van der Waals surface area contributed by atoms with Crippen molar-refractivity contribution in [2.75, 3.05) is 18.1 Å². The van der Waals surface area contributed by atoms with Crippen LogP contribution in [0.3, 0.4) is 0 Å². The molecule has 0 spiro atoms. The van der Waals surface area contributed by atoms with Crippen LogP contribution in [-0.2, 0) is 17.6 Å². The summed E-state index contributed by atoms with van der Waals surface area (Å²) in [5.74, 6) is -0.392. The minimum Gasteiger partial charge on any atom is -0.491 e. The number of anilines is 1. The van der Waals surface area contributed by atoms with Crippen LogP contribution in [0.5, 0.6) is 5.75 Å². The fraction of sp³-hybridized carbons (Fsp3) is 0.241. The Morgan fingerprint density at radius 2 is 1.71 bits per heavy atom. The van der Waals surface area contributed by atoms with Crippen molar-refractivity contribution in [1.29, 1.82) is 0 Å². The number of aliphatic carboxylic acids is 1. The van der Waals surface area contributed by atoms with Crippen molar-refractivity contribution in [2.45, 2.75) is 32.7 Å². The molecule has 6 heteroatoms. The summed E-state index contributed by atoms with van der Waals surface area (Å²) in [6, 6.07) is 23.4. The molecule has 5 rings (SSSR count). The molecule has 1 atom stereocenters. The predicted molar refractivity (Wildman–Crippen MR) is 137 cm³/mol. The summed E-state index contributed by atoms with van der Waals surface area (Å²) in [4.78, 5) is 27.2. The number of rotatable bonds is 7. The molecule has 0 fully saturated rings. The molecule has 0 bridgehead atoms. The first-order chi connectivity index (χ1) is 17.0. The first kappa shape index (κ1) is 22.7. The standard InChI is InChI=1S/C29H28N2O4/c1-3-30-22(16-21-8-4-6-10-26(21)30)18-35-23-14-12-20(13-15-23)29(34)31-19(2)25(17-28(32)33)24-9-5-7-11-27(24)31/h4-15,22H,3,16-18H2,1-2H3,(H,32,33)/t22-/m1/s1. The van der Waals surface area contributed by atoms with Gasteiger partial charge in [0, 0.05) is 28.9 Å². The van der Waals surface area contributed by atoms with E-state index in [1.54, 1.807) is 23.6 Å². The van der Waals surface area contributed by atoms with Gasteiger partial charge in [-0.25, -0.2) is 0 Å². The van der Waals surface area contributed by atoms with Crippen LogP contribution in [0.15, 0.2) is 72.8 Å². The number of benzene rings is 3. The molecule has 1 aliphatic heterocycles. The largest absolute Gasteiger partial charge is 0.491 e. The van der Waals surface area contributed by atoms with Gasteiger partial charge in [-0.3, -0.25) is 14.2 Å². The summed E-state index contributed by atoms with van der Waals surface area (Å²) >= 11 is 0. The number of nitrogens with zero attached hydrogens (tertiary/aromatic N) is 2. The van der Waals surface area contributed by atoms with Crippen molar-refractivity contribution in [3.05, 3.63) is 95.2 Å². The van der Waals surface area contributed by atoms with Crippen LogP contribution >= 0.6 is 0 Å². The van der Waals surface area contributed by atoms with Crippen LogP contribution in [0, 0.1) is 6.92 Å². The van der Waals surface area contributed by atoms with E-state index < -0.39 is 5.97 Å². The van der Waals surface area contributed by atoms with E-state index in [9.17, 15) is 14.7 Å². The van der Waals surface area contributed by atoms with Crippen LogP contribution in [0.25, 0.3) is 10.9 Å². The molecule has 2 heterocycles. The van der Waals surface area contributed by atoms with Crippen LogP contribution in [0.4, 0.5) is 5.69 Å². The van der Waals surface area contributed by atoms with Gasteiger partial charge in [0.2, 0.25) is 0 Å². The number of para-hydroxylation sites is 2. The summed E-state index contributed by atoms with van der Waals surface area (Å²) < 4.78 is 7.72. The number of carbonyl (C=O) groups is 2. The first-order valence-corrected chi connectivity index (χ1v) is 11.9. The molecule has 0 unspecified atom stereocenters. The molecule has 0 saturated carbocycles. The molecular weight excluding hydrogens is 440 g/mol. The lowest BCUT2D eigenvalue weighted by Crippen LogP contribution is -2.36. The number of carbonyl (C=O) groups excluding carboxylic acids is 1. The number of hydrogen-bond donors (Lipinski definition) is 1. The Morgan fingerprint density at radius 3 is 2.46 bits per heavy atom. The second-order valence-electron chi connectivity index (χ2n) is 8.90. The van der Waals surface area contributed by atoms with Crippen LogP contribution in [0.1, 0.15) is 34.1 Å². The molecule has 0 amide bonds. The summed E-state index contributed by atoms with van der Waals surface area (Å²) in [6.45, 7) is 5.44. The molecule has 4 aromatic rings. The molecule has 178 valence electrons. The first-order valence-electron chi connectivity index (χ1n) is 11.9. The number of ether oxygens (including phenoxy) is 1. The van der Waals surface area contributed by atoms with Crippen LogP contribution in [-0.4, -0.2) is 40.7 Å². The quantitative estimate of drug-likeness (QED) is 0.409. The zero-order chi connectivity index (χ0) is 24.5. The Kier molecular flexibility index (Phi) is 6.03. The molecule has 0 aliphatic carbocycles. The Hall–Kier alpha value is -4.06. The van der Waals surface area contributed by atoms with Gasteiger partial charge < -0.3 is 14.7 Å². The van der Waals surface area contributed by atoms with Gasteiger partial charge in [-0.05, 0) is 67.8 Å². The number of likely N-dealkylation sites (N-methyl/N-ethyl adjacent to an activating group) is 1. The fourth-order valence-electron chi connectivity index (χ4n) is 5.19. The third-order valence-electron chi connectivity index (χ3n) is 6.86. The predicted octanol–water partition coefficient (Wildman–Crippen LogP) is 5.10. The maximum Gasteiger partial charge on any atom is 0.307 e. The monoisotopic (exact) mass is 468 g/mol. The van der Waals surface area contributed by atoms with E-state index in [0.29, 0.717) is 34.7 Å². The van der Waals surface area contributed by atoms with Gasteiger partial charge in [-0.2, -0.15) is 0 Å². The van der Waals surface area contributed by atoms with Gasteiger partial charge in [0.15, 0.2) is 0 Å². The van der Waals surface area contributed by atoms with E-state index in [1.165, 1.54) is 11.3 Å². The van der Waals surface area contributed by atoms with E-state index >= 15 is 0 Å². The van der Waals surface area contributed by atoms with Crippen molar-refractivity contribution >= 4 is 28.5 Å². The van der Waals surface area contributed by atoms with E-state index in [2.05, 4.69) is 36.1 Å². The highest BCUT2D eigenvalue weighted by Gasteiger charge is 2.28. The Labute approximate surface area is 204 Å². The van der Waals surface area contributed by atoms with Crippen molar-refractivity contribution in [3.63, 3.8) is 0 Å². The Morgan fingerprint density at radius 1 is 1.00 bits per heavy atom. The molecular formula is C29H28N2O4. The highest BCUT2D eigenvalue weighted by Crippen LogP contribution is 2.32. The molecule has 1 aromatic heterocycles. The lowest BCUT2D eigenvalue weighted by atomic mass is 10.1. The van der Waals surface area contributed by atoms with Crippen LogP contribution < -0.4 is 9.64 Å². The summed E-state index contributed by atoms with van der Waals surface area (Å²) in [7, 11) is 0. The van der Waals surface area contributed by atoms with Gasteiger partial charge in [0.05, 0.1) is 18.0 Å². The lowest BCUT2D eigenvalue weighted by Gasteiger charge is -2.26. The average Bonchev–Trinajstić information content (AvgIpc) is 3.36. The second kappa shape index (κ2) is 9.29. The SMILES string of the molecule is CCN1c2ccccc2C[C@@H]1COc1ccc(C(=O)n2c(C)c(CC(=O)O)c3ccccc32)cc1. The topological polar surface area (TPSA) is 71.8 Å². The molecule has 6 nitrogen and oxygen atoms in total. The third-order valence-corrected chi connectivity index (χ3v) is 6.86. The molecule has 1 N–H and O–H groups in total. The minimum atomic E-state index is -0.919.